The number of ether oxygens (including phenoxy) is 3. The molecule has 6 heteroatoms. The van der Waals surface area contributed by atoms with Crippen molar-refractivity contribution in [3.63, 3.8) is 0 Å². The Labute approximate surface area is 226 Å². The van der Waals surface area contributed by atoms with E-state index in [2.05, 4.69) is 6.92 Å². The smallest absolute Gasteiger partial charge is 0.344 e. The number of carbonyl (C=O) groups is 2. The molecule has 3 aromatic rings. The highest BCUT2D eigenvalue weighted by molar-refractivity contribution is 6.10. The van der Waals surface area contributed by atoms with Crippen molar-refractivity contribution in [2.75, 3.05) is 6.61 Å². The fourth-order valence-corrected chi connectivity index (χ4v) is 3.63. The number of rotatable bonds is 14. The Kier molecular flexibility index (Phi) is 12.9. The number of carboxylic acids is 1. The van der Waals surface area contributed by atoms with Gasteiger partial charge in [-0.1, -0.05) is 63.6 Å². The molecule has 0 saturated heterocycles. The normalized spacial score (nSPS) is 11.9. The molecular weight excluding hydrogens is 480 g/mol. The molecule has 0 heterocycles. The van der Waals surface area contributed by atoms with Crippen LogP contribution in [0.5, 0.6) is 17.2 Å². The number of aryl methyl sites for hydroxylation is 1. The second-order valence-electron chi connectivity index (χ2n) is 8.76. The molecule has 6 nitrogen and oxygen atoms in total. The van der Waals surface area contributed by atoms with Gasteiger partial charge in [-0.3, -0.25) is 4.79 Å². The summed E-state index contributed by atoms with van der Waals surface area (Å²) >= 11 is 0. The first-order valence-corrected chi connectivity index (χ1v) is 13.4. The summed E-state index contributed by atoms with van der Waals surface area (Å²) in [4.78, 5) is 24.2. The van der Waals surface area contributed by atoms with Gasteiger partial charge in [0.05, 0.1) is 18.3 Å². The molecule has 0 spiro atoms. The number of hydrogen-bond donors (Lipinski definition) is 1. The standard InChI is InChI=1S/C30H34O6.C2H6/c1-4-5-9-23-12-17-28(27(20-23)29(31)24-10-7-6-8-11-24)35-21(2)18-19-34-25-13-15-26(16-14-25)36-22(3)30(32)33;1-2/h6-8,10-17,20-22H,4-5,9,18-19H2,1-3H3,(H,32,33);1-2H3. The van der Waals surface area contributed by atoms with Crippen LogP contribution in [-0.2, 0) is 11.2 Å². The molecule has 0 saturated carbocycles. The molecule has 0 fully saturated rings. The third-order valence-corrected chi connectivity index (χ3v) is 5.75. The topological polar surface area (TPSA) is 82.1 Å². The van der Waals surface area contributed by atoms with Gasteiger partial charge >= 0.3 is 5.97 Å². The molecule has 2 atom stereocenters. The molecule has 3 aromatic carbocycles. The highest BCUT2D eigenvalue weighted by Gasteiger charge is 2.18. The first kappa shape index (κ1) is 30.4. The van der Waals surface area contributed by atoms with Gasteiger partial charge in [-0.25, -0.2) is 4.79 Å². The molecule has 0 aromatic heterocycles. The van der Waals surface area contributed by atoms with E-state index in [-0.39, 0.29) is 11.9 Å². The van der Waals surface area contributed by atoms with Crippen molar-refractivity contribution >= 4 is 11.8 Å². The molecule has 0 amide bonds. The summed E-state index contributed by atoms with van der Waals surface area (Å²) in [5.74, 6) is 0.621. The van der Waals surface area contributed by atoms with Crippen molar-refractivity contribution in [1.29, 1.82) is 0 Å². The number of unbranched alkanes of at least 4 members (excludes halogenated alkanes) is 1. The Balaban J connectivity index is 0.00000247. The molecule has 204 valence electrons. The number of carbonyl (C=O) groups excluding carboxylic acids is 1. The van der Waals surface area contributed by atoms with Crippen molar-refractivity contribution in [3.8, 4) is 17.2 Å². The molecule has 38 heavy (non-hydrogen) atoms. The fourth-order valence-electron chi connectivity index (χ4n) is 3.63. The lowest BCUT2D eigenvalue weighted by atomic mass is 9.98. The van der Waals surface area contributed by atoms with E-state index in [1.54, 1.807) is 24.3 Å². The summed E-state index contributed by atoms with van der Waals surface area (Å²) in [5, 5.41) is 8.94. The maximum atomic E-state index is 13.3. The molecule has 0 aliphatic heterocycles. The summed E-state index contributed by atoms with van der Waals surface area (Å²) in [7, 11) is 0. The van der Waals surface area contributed by atoms with Crippen LogP contribution in [0.2, 0.25) is 0 Å². The summed E-state index contributed by atoms with van der Waals surface area (Å²) in [6.45, 7) is 10.0. The van der Waals surface area contributed by atoms with Crippen molar-refractivity contribution in [2.24, 2.45) is 0 Å². The molecule has 0 bridgehead atoms. The average Bonchev–Trinajstić information content (AvgIpc) is 2.94. The lowest BCUT2D eigenvalue weighted by molar-refractivity contribution is -0.144. The molecule has 3 rings (SSSR count). The molecule has 0 aliphatic carbocycles. The minimum absolute atomic E-state index is 0.0491. The quantitative estimate of drug-likeness (QED) is 0.223. The fraction of sp³-hybridized carbons (Fsp3) is 0.375. The maximum absolute atomic E-state index is 13.3. The van der Waals surface area contributed by atoms with Gasteiger partial charge in [0.1, 0.15) is 17.2 Å². The van der Waals surface area contributed by atoms with Crippen LogP contribution in [-0.4, -0.2) is 35.7 Å². The lowest BCUT2D eigenvalue weighted by Gasteiger charge is -2.18. The van der Waals surface area contributed by atoms with Gasteiger partial charge in [0, 0.05) is 12.0 Å². The predicted octanol–water partition coefficient (Wildman–Crippen LogP) is 7.37. The zero-order valence-electron chi connectivity index (χ0n) is 23.1. The first-order valence-electron chi connectivity index (χ1n) is 13.4. The van der Waals surface area contributed by atoms with Crippen molar-refractivity contribution in [2.45, 2.75) is 72.5 Å². The highest BCUT2D eigenvalue weighted by Crippen LogP contribution is 2.26. The van der Waals surface area contributed by atoms with Crippen LogP contribution in [0, 0.1) is 0 Å². The summed E-state index contributed by atoms with van der Waals surface area (Å²) in [6, 6.07) is 22.0. The van der Waals surface area contributed by atoms with Gasteiger partial charge in [-0.15, -0.1) is 0 Å². The first-order chi connectivity index (χ1) is 18.4. The highest BCUT2D eigenvalue weighted by atomic mass is 16.5. The van der Waals surface area contributed by atoms with E-state index in [1.165, 1.54) is 6.92 Å². The number of ketones is 1. The molecule has 2 unspecified atom stereocenters. The Morgan fingerprint density at radius 1 is 0.868 bits per heavy atom. The predicted molar refractivity (Wildman–Crippen MR) is 151 cm³/mol. The molecule has 0 radical (unpaired) electrons. The third kappa shape index (κ3) is 9.58. The monoisotopic (exact) mass is 520 g/mol. The Bertz CT molecular complexity index is 1120. The van der Waals surface area contributed by atoms with Crippen molar-refractivity contribution < 1.29 is 28.9 Å². The lowest BCUT2D eigenvalue weighted by Crippen LogP contribution is -2.22. The Hall–Kier alpha value is -3.80. The summed E-state index contributed by atoms with van der Waals surface area (Å²) in [5.41, 5.74) is 2.34. The SMILES string of the molecule is CC.CCCCc1ccc(OC(C)CCOc2ccc(OC(C)C(=O)O)cc2)c(C(=O)c2ccccc2)c1. The van der Waals surface area contributed by atoms with E-state index >= 15 is 0 Å². The molecular formula is C32H40O6. The number of hydrogen-bond acceptors (Lipinski definition) is 5. The van der Waals surface area contributed by atoms with Crippen LogP contribution < -0.4 is 14.2 Å². The third-order valence-electron chi connectivity index (χ3n) is 5.75. The molecule has 0 aliphatic rings. The molecule has 1 N–H and O–H groups in total. The maximum Gasteiger partial charge on any atom is 0.344 e. The van der Waals surface area contributed by atoms with Gasteiger partial charge in [0.25, 0.3) is 0 Å². The summed E-state index contributed by atoms with van der Waals surface area (Å²) < 4.78 is 17.3. The minimum atomic E-state index is -1.02. The number of aliphatic carboxylic acids is 1. The summed E-state index contributed by atoms with van der Waals surface area (Å²) in [6.07, 6.45) is 2.61. The van der Waals surface area contributed by atoms with E-state index < -0.39 is 12.1 Å². The Morgan fingerprint density at radius 3 is 2.16 bits per heavy atom. The second-order valence-corrected chi connectivity index (χ2v) is 8.76. The van der Waals surface area contributed by atoms with E-state index in [0.717, 1.165) is 24.8 Å². The van der Waals surface area contributed by atoms with E-state index in [4.69, 9.17) is 19.3 Å². The average molecular weight is 521 g/mol. The van der Waals surface area contributed by atoms with Gasteiger partial charge < -0.3 is 19.3 Å². The second kappa shape index (κ2) is 16.1. The van der Waals surface area contributed by atoms with Crippen LogP contribution in [0.1, 0.15) is 75.4 Å². The Morgan fingerprint density at radius 2 is 1.53 bits per heavy atom. The van der Waals surface area contributed by atoms with E-state index in [9.17, 15) is 9.59 Å². The number of carboxylic acid groups (broad SMARTS) is 1. The van der Waals surface area contributed by atoms with Crippen LogP contribution in [0.4, 0.5) is 0 Å². The van der Waals surface area contributed by atoms with Gasteiger partial charge in [-0.2, -0.15) is 0 Å². The van der Waals surface area contributed by atoms with Crippen molar-refractivity contribution in [1.82, 2.24) is 0 Å². The van der Waals surface area contributed by atoms with Gasteiger partial charge in [0.2, 0.25) is 0 Å². The number of benzene rings is 3. The van der Waals surface area contributed by atoms with Crippen LogP contribution >= 0.6 is 0 Å². The van der Waals surface area contributed by atoms with Crippen molar-refractivity contribution in [3.05, 3.63) is 89.5 Å². The minimum Gasteiger partial charge on any atom is -0.493 e. The van der Waals surface area contributed by atoms with E-state index in [1.807, 2.05) is 69.3 Å². The largest absolute Gasteiger partial charge is 0.493 e. The van der Waals surface area contributed by atoms with Crippen LogP contribution in [0.3, 0.4) is 0 Å². The van der Waals surface area contributed by atoms with Gasteiger partial charge in [0.15, 0.2) is 11.9 Å². The van der Waals surface area contributed by atoms with Crippen LogP contribution in [0.25, 0.3) is 0 Å². The van der Waals surface area contributed by atoms with E-state index in [0.29, 0.717) is 41.4 Å². The zero-order valence-corrected chi connectivity index (χ0v) is 23.1. The van der Waals surface area contributed by atoms with Gasteiger partial charge in [-0.05, 0) is 68.7 Å². The van der Waals surface area contributed by atoms with Crippen LogP contribution in [0.15, 0.2) is 72.8 Å². The zero-order chi connectivity index (χ0) is 27.9.